The first-order valence-corrected chi connectivity index (χ1v) is 11.2. The first kappa shape index (κ1) is 24.8. The average molecular weight is 468 g/mol. The number of carboxylic acid groups (broad SMARTS) is 1. The lowest BCUT2D eigenvalue weighted by atomic mass is 9.98. The maximum absolute atomic E-state index is 12.6. The van der Waals surface area contributed by atoms with Gasteiger partial charge in [-0.25, -0.2) is 4.79 Å². The van der Waals surface area contributed by atoms with Crippen LogP contribution in [0.5, 0.6) is 0 Å². The third-order valence-electron chi connectivity index (χ3n) is 5.63. The Kier molecular flexibility index (Phi) is 8.24. The minimum atomic E-state index is -1.39. The highest BCUT2D eigenvalue weighted by Gasteiger charge is 2.31. The highest BCUT2D eigenvalue weighted by Crippen LogP contribution is 2.44. The second-order valence-corrected chi connectivity index (χ2v) is 8.14. The summed E-state index contributed by atoms with van der Waals surface area (Å²) < 4.78 is 5.41. The van der Waals surface area contributed by atoms with Crippen molar-refractivity contribution < 1.29 is 29.0 Å². The molecule has 3 rings (SSSR count). The van der Waals surface area contributed by atoms with Gasteiger partial charge in [-0.2, -0.15) is 0 Å². The number of aliphatic carboxylic acids is 1. The molecule has 0 heterocycles. The van der Waals surface area contributed by atoms with E-state index in [9.17, 15) is 24.3 Å². The fourth-order valence-corrected chi connectivity index (χ4v) is 3.95. The molecule has 0 radical (unpaired) electrons. The van der Waals surface area contributed by atoms with Gasteiger partial charge in [0.25, 0.3) is 0 Å². The zero-order valence-electron chi connectivity index (χ0n) is 19.2. The van der Waals surface area contributed by atoms with Gasteiger partial charge in [0.1, 0.15) is 18.7 Å². The molecule has 34 heavy (non-hydrogen) atoms. The number of hydrogen-bond acceptors (Lipinski definition) is 5. The van der Waals surface area contributed by atoms with Crippen LogP contribution < -0.4 is 16.0 Å². The average Bonchev–Trinajstić information content (AvgIpc) is 3.14. The van der Waals surface area contributed by atoms with Crippen LogP contribution >= 0.6 is 0 Å². The van der Waals surface area contributed by atoms with Crippen LogP contribution in [0, 0.1) is 0 Å². The largest absolute Gasteiger partial charge is 0.481 e. The molecule has 0 aliphatic heterocycles. The van der Waals surface area contributed by atoms with Crippen LogP contribution in [0.2, 0.25) is 0 Å². The Labute approximate surface area is 197 Å². The van der Waals surface area contributed by atoms with E-state index < -0.39 is 42.4 Å². The summed E-state index contributed by atoms with van der Waals surface area (Å²) >= 11 is 0. The summed E-state index contributed by atoms with van der Waals surface area (Å²) in [6.45, 7) is 3.85. The van der Waals surface area contributed by atoms with E-state index >= 15 is 0 Å². The number of carbonyl (C=O) groups excluding carboxylic acids is 3. The normalized spacial score (nSPS) is 13.7. The number of nitrogens with one attached hydrogen (secondary N) is 3. The van der Waals surface area contributed by atoms with Gasteiger partial charge in [0.05, 0.1) is 6.42 Å². The molecule has 0 bridgehead atoms. The van der Waals surface area contributed by atoms with Crippen LogP contribution in [0.1, 0.15) is 43.7 Å². The molecule has 3 amide bonds. The minimum absolute atomic E-state index is 0.0249. The highest BCUT2D eigenvalue weighted by atomic mass is 16.5. The van der Waals surface area contributed by atoms with Gasteiger partial charge < -0.3 is 25.8 Å². The fourth-order valence-electron chi connectivity index (χ4n) is 3.95. The highest BCUT2D eigenvalue weighted by molar-refractivity contribution is 5.93. The van der Waals surface area contributed by atoms with E-state index in [1.807, 2.05) is 55.5 Å². The van der Waals surface area contributed by atoms with Gasteiger partial charge in [-0.3, -0.25) is 14.4 Å². The lowest BCUT2D eigenvalue weighted by Gasteiger charge is -2.20. The number of carboxylic acids is 1. The van der Waals surface area contributed by atoms with E-state index in [1.165, 1.54) is 6.92 Å². The van der Waals surface area contributed by atoms with Crippen molar-refractivity contribution in [3.63, 3.8) is 0 Å². The summed E-state index contributed by atoms with van der Waals surface area (Å²) in [5.41, 5.74) is 4.21. The predicted octanol–water partition coefficient (Wildman–Crippen LogP) is 2.40. The van der Waals surface area contributed by atoms with Crippen molar-refractivity contribution in [3.05, 3.63) is 59.7 Å². The molecule has 180 valence electrons. The van der Waals surface area contributed by atoms with Crippen LogP contribution in [-0.2, 0) is 19.1 Å². The number of hydrogen-bond donors (Lipinski definition) is 4. The second-order valence-electron chi connectivity index (χ2n) is 8.14. The molecular formula is C25H29N3O6. The lowest BCUT2D eigenvalue weighted by Crippen LogP contribution is -2.53. The summed E-state index contributed by atoms with van der Waals surface area (Å²) in [4.78, 5) is 48.3. The maximum atomic E-state index is 12.6. The van der Waals surface area contributed by atoms with E-state index in [4.69, 9.17) is 4.74 Å². The molecule has 0 fully saturated rings. The predicted molar refractivity (Wildman–Crippen MR) is 125 cm³/mol. The van der Waals surface area contributed by atoms with Crippen LogP contribution in [0.4, 0.5) is 4.79 Å². The maximum Gasteiger partial charge on any atom is 0.407 e. The number of alkyl carbamates (subject to hydrolysis) is 1. The van der Waals surface area contributed by atoms with Gasteiger partial charge in [-0.1, -0.05) is 55.5 Å². The molecule has 0 spiro atoms. The first-order chi connectivity index (χ1) is 16.3. The van der Waals surface area contributed by atoms with Crippen molar-refractivity contribution in [2.75, 3.05) is 13.2 Å². The molecule has 4 N–H and O–H groups in total. The SMILES string of the molecule is CCCNC(=O)C(C)NC(=O)C(CC(=O)O)NC(=O)OCC1c2ccccc2-c2ccccc21. The zero-order chi connectivity index (χ0) is 24.7. The summed E-state index contributed by atoms with van der Waals surface area (Å²) in [7, 11) is 0. The van der Waals surface area contributed by atoms with Crippen molar-refractivity contribution >= 4 is 23.9 Å². The Bertz CT molecular complexity index is 1020. The number of ether oxygens (including phenoxy) is 1. The third-order valence-corrected chi connectivity index (χ3v) is 5.63. The quantitative estimate of drug-likeness (QED) is 0.424. The van der Waals surface area contributed by atoms with Gasteiger partial charge >= 0.3 is 12.1 Å². The topological polar surface area (TPSA) is 134 Å². The van der Waals surface area contributed by atoms with Gasteiger partial charge in [0, 0.05) is 12.5 Å². The standard InChI is InChI=1S/C25H29N3O6/c1-3-12-26-23(31)15(2)27-24(32)21(13-22(29)30)28-25(33)34-14-20-18-10-6-4-8-16(18)17-9-5-7-11-19(17)20/h4-11,15,20-21H,3,12-14H2,1-2H3,(H,26,31)(H,27,32)(H,28,33)(H,29,30). The Morgan fingerprint density at radius 3 is 2.09 bits per heavy atom. The number of benzene rings is 2. The van der Waals surface area contributed by atoms with Crippen molar-refractivity contribution in [2.24, 2.45) is 0 Å². The van der Waals surface area contributed by atoms with Crippen molar-refractivity contribution in [2.45, 2.75) is 44.7 Å². The first-order valence-electron chi connectivity index (χ1n) is 11.2. The van der Waals surface area contributed by atoms with Crippen molar-refractivity contribution in [1.82, 2.24) is 16.0 Å². The second kappa shape index (κ2) is 11.3. The molecule has 2 unspecified atom stereocenters. The number of rotatable bonds is 10. The van der Waals surface area contributed by atoms with Crippen molar-refractivity contribution in [1.29, 1.82) is 0 Å². The van der Waals surface area contributed by atoms with Crippen LogP contribution in [0.25, 0.3) is 11.1 Å². The third kappa shape index (κ3) is 5.92. The van der Waals surface area contributed by atoms with E-state index in [2.05, 4.69) is 16.0 Å². The molecule has 2 atom stereocenters. The number of amides is 3. The van der Waals surface area contributed by atoms with E-state index in [0.717, 1.165) is 28.7 Å². The van der Waals surface area contributed by atoms with E-state index in [1.54, 1.807) is 0 Å². The lowest BCUT2D eigenvalue weighted by molar-refractivity contribution is -0.140. The molecule has 1 aliphatic carbocycles. The molecule has 1 aliphatic rings. The molecule has 0 aromatic heterocycles. The summed E-state index contributed by atoms with van der Waals surface area (Å²) in [6.07, 6.45) is -0.831. The van der Waals surface area contributed by atoms with Crippen LogP contribution in [0.15, 0.2) is 48.5 Å². The van der Waals surface area contributed by atoms with Crippen molar-refractivity contribution in [3.8, 4) is 11.1 Å². The molecule has 2 aromatic rings. The number of carbonyl (C=O) groups is 4. The Balaban J connectivity index is 1.63. The Morgan fingerprint density at radius 1 is 0.941 bits per heavy atom. The monoisotopic (exact) mass is 467 g/mol. The van der Waals surface area contributed by atoms with Gasteiger partial charge in [0.15, 0.2) is 0 Å². The molecular weight excluding hydrogens is 438 g/mol. The molecule has 9 heteroatoms. The molecule has 9 nitrogen and oxygen atoms in total. The summed E-state index contributed by atoms with van der Waals surface area (Å²) in [6, 6.07) is 13.4. The fraction of sp³-hybridized carbons (Fsp3) is 0.360. The van der Waals surface area contributed by atoms with Gasteiger partial charge in [-0.05, 0) is 35.6 Å². The van der Waals surface area contributed by atoms with Crippen LogP contribution in [0.3, 0.4) is 0 Å². The van der Waals surface area contributed by atoms with Crippen LogP contribution in [-0.4, -0.2) is 54.2 Å². The summed E-state index contributed by atoms with van der Waals surface area (Å²) in [5.74, 6) is -2.63. The minimum Gasteiger partial charge on any atom is -0.481 e. The zero-order valence-corrected chi connectivity index (χ0v) is 19.2. The van der Waals surface area contributed by atoms with E-state index in [0.29, 0.717) is 6.54 Å². The van der Waals surface area contributed by atoms with Gasteiger partial charge in [0.2, 0.25) is 11.8 Å². The number of fused-ring (bicyclic) bond motifs is 3. The molecule has 0 saturated carbocycles. The molecule has 0 saturated heterocycles. The Hall–Kier alpha value is -3.88. The van der Waals surface area contributed by atoms with E-state index in [-0.39, 0.29) is 12.5 Å². The van der Waals surface area contributed by atoms with Gasteiger partial charge in [-0.15, -0.1) is 0 Å². The Morgan fingerprint density at radius 2 is 1.53 bits per heavy atom. The summed E-state index contributed by atoms with van der Waals surface area (Å²) in [5, 5.41) is 16.6. The molecule has 2 aromatic carbocycles. The smallest absolute Gasteiger partial charge is 0.407 e.